The molecule has 0 bridgehead atoms. The second-order valence-corrected chi connectivity index (χ2v) is 2.65. The van der Waals surface area contributed by atoms with Crippen molar-refractivity contribution in [3.8, 4) is 5.75 Å². The molecule has 0 atom stereocenters. The van der Waals surface area contributed by atoms with Crippen LogP contribution < -0.4 is 9.84 Å². The topological polar surface area (TPSA) is 58.6 Å². The van der Waals surface area contributed by atoms with Gasteiger partial charge < -0.3 is 19.4 Å². The fourth-order valence-corrected chi connectivity index (χ4v) is 0.930. The zero-order valence-corrected chi connectivity index (χ0v) is 7.86. The van der Waals surface area contributed by atoms with Gasteiger partial charge in [0.15, 0.2) is 0 Å². The predicted molar refractivity (Wildman–Crippen MR) is 48.1 cm³/mol. The number of aromatic carboxylic acids is 1. The van der Waals surface area contributed by atoms with E-state index >= 15 is 0 Å². The molecule has 0 spiro atoms. The summed E-state index contributed by atoms with van der Waals surface area (Å²) in [4.78, 5) is 10.4. The molecule has 1 aromatic carbocycles. The van der Waals surface area contributed by atoms with Gasteiger partial charge in [0, 0.05) is 7.11 Å². The van der Waals surface area contributed by atoms with Gasteiger partial charge in [-0.3, -0.25) is 0 Å². The average Bonchev–Trinajstić information content (AvgIpc) is 2.19. The summed E-state index contributed by atoms with van der Waals surface area (Å²) in [6.45, 7) is 0.948. The van der Waals surface area contributed by atoms with Gasteiger partial charge >= 0.3 is 0 Å². The first-order valence-electron chi connectivity index (χ1n) is 4.17. The Bertz CT molecular complexity index is 291. The Labute approximate surface area is 82.1 Å². The lowest BCUT2D eigenvalue weighted by atomic mass is 10.2. The maximum atomic E-state index is 10.4. The second kappa shape index (κ2) is 5.24. The molecule has 4 heteroatoms. The number of benzene rings is 1. The third-order valence-corrected chi connectivity index (χ3v) is 1.65. The largest absolute Gasteiger partial charge is 0.545 e. The van der Waals surface area contributed by atoms with Crippen LogP contribution in [-0.4, -0.2) is 26.3 Å². The third-order valence-electron chi connectivity index (χ3n) is 1.65. The number of carboxylic acids is 1. The molecule has 0 aliphatic heterocycles. The van der Waals surface area contributed by atoms with Gasteiger partial charge in [-0.25, -0.2) is 0 Å². The van der Waals surface area contributed by atoms with E-state index in [0.717, 1.165) is 0 Å². The quantitative estimate of drug-likeness (QED) is 0.624. The van der Waals surface area contributed by atoms with E-state index in [1.807, 2.05) is 0 Å². The smallest absolute Gasteiger partial charge is 0.119 e. The van der Waals surface area contributed by atoms with Gasteiger partial charge in [0.2, 0.25) is 0 Å². The van der Waals surface area contributed by atoms with Crippen LogP contribution in [0, 0.1) is 0 Å². The van der Waals surface area contributed by atoms with E-state index in [2.05, 4.69) is 0 Å². The highest BCUT2D eigenvalue weighted by atomic mass is 16.5. The molecule has 0 aromatic heterocycles. The average molecular weight is 195 g/mol. The Hall–Kier alpha value is -1.55. The highest BCUT2D eigenvalue weighted by molar-refractivity contribution is 5.85. The predicted octanol–water partition coefficient (Wildman–Crippen LogP) is 0.0753. The minimum Gasteiger partial charge on any atom is -0.545 e. The van der Waals surface area contributed by atoms with Crippen molar-refractivity contribution in [1.29, 1.82) is 0 Å². The van der Waals surface area contributed by atoms with Crippen LogP contribution in [0.4, 0.5) is 0 Å². The number of ether oxygens (including phenoxy) is 2. The molecule has 76 valence electrons. The monoisotopic (exact) mass is 195 g/mol. The Balaban J connectivity index is 2.51. The Morgan fingerprint density at radius 3 is 2.43 bits per heavy atom. The van der Waals surface area contributed by atoms with Crippen molar-refractivity contribution >= 4 is 5.97 Å². The summed E-state index contributed by atoms with van der Waals surface area (Å²) in [6, 6.07) is 6.05. The van der Waals surface area contributed by atoms with Crippen LogP contribution in [0.2, 0.25) is 0 Å². The van der Waals surface area contributed by atoms with E-state index in [-0.39, 0.29) is 5.56 Å². The van der Waals surface area contributed by atoms with E-state index in [1.54, 1.807) is 19.2 Å². The van der Waals surface area contributed by atoms with Crippen molar-refractivity contribution < 1.29 is 19.4 Å². The molecule has 1 aromatic rings. The van der Waals surface area contributed by atoms with E-state index in [4.69, 9.17) is 9.47 Å². The zero-order chi connectivity index (χ0) is 10.4. The fraction of sp³-hybridized carbons (Fsp3) is 0.300. The van der Waals surface area contributed by atoms with E-state index in [1.165, 1.54) is 12.1 Å². The number of hydrogen-bond donors (Lipinski definition) is 0. The van der Waals surface area contributed by atoms with Gasteiger partial charge in [-0.1, -0.05) is 0 Å². The van der Waals surface area contributed by atoms with Crippen LogP contribution in [0.5, 0.6) is 5.75 Å². The first kappa shape index (κ1) is 10.5. The number of hydrogen-bond acceptors (Lipinski definition) is 4. The molecule has 0 radical (unpaired) electrons. The number of carbonyl (C=O) groups excluding carboxylic acids is 1. The number of rotatable bonds is 5. The van der Waals surface area contributed by atoms with Crippen molar-refractivity contribution in [2.75, 3.05) is 20.3 Å². The minimum atomic E-state index is -1.19. The summed E-state index contributed by atoms with van der Waals surface area (Å²) in [6.07, 6.45) is 0. The Morgan fingerprint density at radius 1 is 1.29 bits per heavy atom. The highest BCUT2D eigenvalue weighted by Crippen LogP contribution is 2.11. The zero-order valence-electron chi connectivity index (χ0n) is 7.86. The molecule has 1 rings (SSSR count). The van der Waals surface area contributed by atoms with Gasteiger partial charge in [-0.05, 0) is 29.8 Å². The summed E-state index contributed by atoms with van der Waals surface area (Å²) < 4.78 is 10.0. The van der Waals surface area contributed by atoms with Crippen LogP contribution in [0.15, 0.2) is 24.3 Å². The van der Waals surface area contributed by atoms with Gasteiger partial charge in [0.05, 0.1) is 12.6 Å². The summed E-state index contributed by atoms with van der Waals surface area (Å²) in [7, 11) is 1.59. The molecule has 0 heterocycles. The molecule has 0 fully saturated rings. The summed E-state index contributed by atoms with van der Waals surface area (Å²) in [5.41, 5.74) is 0.143. The molecule has 0 saturated heterocycles. The summed E-state index contributed by atoms with van der Waals surface area (Å²) in [5, 5.41) is 10.4. The van der Waals surface area contributed by atoms with E-state index in [9.17, 15) is 9.90 Å². The summed E-state index contributed by atoms with van der Waals surface area (Å²) >= 11 is 0. The molecule has 0 saturated carbocycles. The van der Waals surface area contributed by atoms with Gasteiger partial charge in [0.25, 0.3) is 0 Å². The lowest BCUT2D eigenvalue weighted by Crippen LogP contribution is -2.21. The maximum absolute atomic E-state index is 10.4. The van der Waals surface area contributed by atoms with Gasteiger partial charge in [0.1, 0.15) is 12.4 Å². The van der Waals surface area contributed by atoms with Crippen LogP contribution >= 0.6 is 0 Å². The fourth-order valence-electron chi connectivity index (χ4n) is 0.930. The van der Waals surface area contributed by atoms with Crippen molar-refractivity contribution in [1.82, 2.24) is 0 Å². The second-order valence-electron chi connectivity index (χ2n) is 2.65. The molecular weight excluding hydrogens is 184 g/mol. The SMILES string of the molecule is COCCOc1ccc(C(=O)[O-])cc1. The first-order chi connectivity index (χ1) is 6.74. The summed E-state index contributed by atoms with van der Waals surface area (Å²) in [5.74, 6) is -0.569. The minimum absolute atomic E-state index is 0.143. The molecule has 0 aliphatic rings. The maximum Gasteiger partial charge on any atom is 0.119 e. The molecule has 0 N–H and O–H groups in total. The number of methoxy groups -OCH3 is 1. The molecule has 14 heavy (non-hydrogen) atoms. The van der Waals surface area contributed by atoms with Crippen LogP contribution in [0.25, 0.3) is 0 Å². The lowest BCUT2D eigenvalue weighted by molar-refractivity contribution is -0.255. The van der Waals surface area contributed by atoms with E-state index in [0.29, 0.717) is 19.0 Å². The van der Waals surface area contributed by atoms with Crippen LogP contribution in [0.1, 0.15) is 10.4 Å². The normalized spacial score (nSPS) is 9.79. The molecular formula is C10H11O4-. The van der Waals surface area contributed by atoms with Crippen molar-refractivity contribution in [2.45, 2.75) is 0 Å². The third kappa shape index (κ3) is 3.06. The molecule has 0 amide bonds. The molecule has 0 unspecified atom stereocenters. The standard InChI is InChI=1S/C10H12O4/c1-13-6-7-14-9-4-2-8(3-5-9)10(11)12/h2-5H,6-7H2,1H3,(H,11,12)/p-1. The molecule has 0 aliphatic carbocycles. The number of carboxylic acid groups (broad SMARTS) is 1. The van der Waals surface area contributed by atoms with Crippen molar-refractivity contribution in [3.63, 3.8) is 0 Å². The Morgan fingerprint density at radius 2 is 1.93 bits per heavy atom. The lowest BCUT2D eigenvalue weighted by Gasteiger charge is -2.06. The first-order valence-corrected chi connectivity index (χ1v) is 4.17. The van der Waals surface area contributed by atoms with Crippen molar-refractivity contribution in [2.24, 2.45) is 0 Å². The Kier molecular flexibility index (Phi) is 3.94. The highest BCUT2D eigenvalue weighted by Gasteiger charge is 1.95. The van der Waals surface area contributed by atoms with Gasteiger partial charge in [-0.15, -0.1) is 0 Å². The molecule has 4 nitrogen and oxygen atoms in total. The number of carbonyl (C=O) groups is 1. The van der Waals surface area contributed by atoms with E-state index < -0.39 is 5.97 Å². The van der Waals surface area contributed by atoms with Crippen LogP contribution in [0.3, 0.4) is 0 Å². The van der Waals surface area contributed by atoms with Gasteiger partial charge in [-0.2, -0.15) is 0 Å². The van der Waals surface area contributed by atoms with Crippen molar-refractivity contribution in [3.05, 3.63) is 29.8 Å². The van der Waals surface area contributed by atoms with Crippen LogP contribution in [-0.2, 0) is 4.74 Å².